The van der Waals surface area contributed by atoms with Crippen LogP contribution in [0.3, 0.4) is 0 Å². The van der Waals surface area contributed by atoms with Gasteiger partial charge in [0.05, 0.1) is 28.0 Å². The van der Waals surface area contributed by atoms with Gasteiger partial charge in [-0.1, -0.05) is 212 Å². The second-order valence-electron chi connectivity index (χ2n) is 20.8. The van der Waals surface area contributed by atoms with Gasteiger partial charge < -0.3 is 5.11 Å². The minimum Gasteiger partial charge on any atom is -0.507 e. The van der Waals surface area contributed by atoms with E-state index in [1.165, 1.54) is 16.7 Å². The molecule has 71 heavy (non-hydrogen) atoms. The van der Waals surface area contributed by atoms with Crippen LogP contribution in [0.25, 0.3) is 83.9 Å². The molecule has 10 aromatic rings. The van der Waals surface area contributed by atoms with Gasteiger partial charge in [-0.15, -0.1) is 0 Å². The lowest BCUT2D eigenvalue weighted by Crippen LogP contribution is -2.18. The summed E-state index contributed by atoms with van der Waals surface area (Å²) in [6.07, 6.45) is 4.29. The molecule has 0 atom stereocenters. The molecule has 0 aliphatic heterocycles. The summed E-state index contributed by atoms with van der Waals surface area (Å²) in [4.78, 5) is 10.6. The first-order chi connectivity index (χ1) is 35.3. The Balaban J connectivity index is 1.11. The largest absolute Gasteiger partial charge is 0.507 e. The molecule has 0 radical (unpaired) electrons. The third kappa shape index (κ3) is 9.00. The Bertz CT molecular complexity index is 3620. The van der Waals surface area contributed by atoms with Crippen LogP contribution in [-0.2, 0) is 17.2 Å². The summed E-state index contributed by atoms with van der Waals surface area (Å²) in [6.45, 7) is 11.3. The zero-order valence-electron chi connectivity index (χ0n) is 43.3. The van der Waals surface area contributed by atoms with Crippen molar-refractivity contribution in [2.75, 3.05) is 0 Å². The molecule has 1 aliphatic rings. The number of fused-ring (bicyclic) bond motifs is 1. The van der Waals surface area contributed by atoms with Crippen molar-refractivity contribution in [2.24, 2.45) is 5.92 Å². The van der Waals surface area contributed by atoms with Crippen LogP contribution in [0.15, 0.2) is 206 Å². The van der Waals surface area contributed by atoms with Gasteiger partial charge in [-0.3, -0.25) is 9.55 Å². The highest BCUT2D eigenvalue weighted by Crippen LogP contribution is 2.45. The van der Waals surface area contributed by atoms with Crippen LogP contribution < -0.4 is 0 Å². The van der Waals surface area contributed by atoms with Crippen molar-refractivity contribution in [1.82, 2.24) is 14.5 Å². The lowest BCUT2D eigenvalue weighted by molar-refractivity contribution is 0.479. The Hall–Kier alpha value is -7.82. The summed E-state index contributed by atoms with van der Waals surface area (Å²) in [6, 6.07) is 69.3. The van der Waals surface area contributed by atoms with Crippen LogP contribution in [0.1, 0.15) is 85.3 Å². The van der Waals surface area contributed by atoms with E-state index in [1.54, 1.807) is 0 Å². The molecule has 1 fully saturated rings. The van der Waals surface area contributed by atoms with E-state index in [-0.39, 0.29) is 22.5 Å². The normalized spacial score (nSPS) is 13.9. The van der Waals surface area contributed by atoms with Crippen molar-refractivity contribution >= 4 is 11.0 Å². The summed E-state index contributed by atoms with van der Waals surface area (Å²) in [7, 11) is 0. The molecule has 1 N–H and O–H groups in total. The van der Waals surface area contributed by atoms with Crippen molar-refractivity contribution < 1.29 is 7.85 Å². The zero-order chi connectivity index (χ0) is 50.5. The van der Waals surface area contributed by atoms with E-state index in [1.807, 2.05) is 79.0 Å². The van der Waals surface area contributed by atoms with E-state index in [9.17, 15) is 7.85 Å². The molecule has 2 aromatic heterocycles. The fourth-order valence-electron chi connectivity index (χ4n) is 10.5. The minimum absolute atomic E-state index is 0.0400. The molecule has 1 saturated carbocycles. The van der Waals surface area contributed by atoms with Crippen LogP contribution in [0.2, 0.25) is 0 Å². The minimum atomic E-state index is -1.50. The molecule has 0 bridgehead atoms. The van der Waals surface area contributed by atoms with Gasteiger partial charge in [-0.05, 0) is 116 Å². The number of para-hydroxylation sites is 2. The Labute approximate surface area is 422 Å². The summed E-state index contributed by atoms with van der Waals surface area (Å²) in [5.41, 5.74) is 16.6. The molecular formula is C67H61N3O. The fraction of sp³-hybridized carbons (Fsp3) is 0.194. The number of hydrogen-bond donors (Lipinski definition) is 1. The maximum absolute atomic E-state index is 12.4. The smallest absolute Gasteiger partial charge is 0.149 e. The molecule has 350 valence electrons. The van der Waals surface area contributed by atoms with Crippen molar-refractivity contribution in [3.63, 3.8) is 0 Å². The van der Waals surface area contributed by atoms with Crippen molar-refractivity contribution in [3.05, 3.63) is 229 Å². The standard InChI is InChI=1S/C67H61N3O/c1-66(2,3)55-42-51(40-52(43-55)60-44-50(36-37-68-60)49-26-17-29-54(41-49)67(4,5)53-27-13-8-14-28-53)56-30-19-33-62-63(56)69-65(58-32-18-31-57(64(58)71)47-22-9-6-10-23-47)70(62)61-35-34-46(38-45-20-15-16-21-45)39-59(61)48-24-11-7-12-25-48/h6-14,17-19,22-37,39-45,71H,15-16,20-21,38H2,1-5H3/i38D2. The van der Waals surface area contributed by atoms with Crippen LogP contribution in [0, 0.1) is 5.92 Å². The predicted molar refractivity (Wildman–Crippen MR) is 296 cm³/mol. The van der Waals surface area contributed by atoms with Gasteiger partial charge >= 0.3 is 0 Å². The van der Waals surface area contributed by atoms with Crippen LogP contribution in [0.4, 0.5) is 0 Å². The van der Waals surface area contributed by atoms with Gasteiger partial charge in [0.25, 0.3) is 0 Å². The van der Waals surface area contributed by atoms with Gasteiger partial charge in [-0.25, -0.2) is 4.98 Å². The Morgan fingerprint density at radius 2 is 1.11 bits per heavy atom. The highest BCUT2D eigenvalue weighted by molar-refractivity contribution is 5.98. The van der Waals surface area contributed by atoms with Gasteiger partial charge in [0.15, 0.2) is 0 Å². The first kappa shape index (κ1) is 43.2. The number of hydrogen-bond acceptors (Lipinski definition) is 3. The highest BCUT2D eigenvalue weighted by Gasteiger charge is 2.27. The van der Waals surface area contributed by atoms with Gasteiger partial charge in [0, 0.05) is 36.6 Å². The number of nitrogens with zero attached hydrogens (tertiary/aromatic N) is 3. The summed E-state index contributed by atoms with van der Waals surface area (Å²) >= 11 is 0. The third-order valence-electron chi connectivity index (χ3n) is 14.7. The van der Waals surface area contributed by atoms with Crippen LogP contribution in [-0.4, -0.2) is 19.6 Å². The van der Waals surface area contributed by atoms with Gasteiger partial charge in [0.2, 0.25) is 0 Å². The average Bonchev–Trinajstić information content (AvgIpc) is 4.12. The van der Waals surface area contributed by atoms with E-state index in [4.69, 9.17) is 9.97 Å². The van der Waals surface area contributed by atoms with E-state index in [0.717, 1.165) is 92.6 Å². The lowest BCUT2D eigenvalue weighted by atomic mass is 9.77. The molecule has 0 unspecified atom stereocenters. The maximum Gasteiger partial charge on any atom is 0.149 e. The molecule has 11 rings (SSSR count). The van der Waals surface area contributed by atoms with Crippen LogP contribution in [0.5, 0.6) is 5.75 Å². The third-order valence-corrected chi connectivity index (χ3v) is 14.7. The molecular weight excluding hydrogens is 863 g/mol. The maximum atomic E-state index is 12.4. The second kappa shape index (κ2) is 18.8. The number of imidazole rings is 1. The second-order valence-corrected chi connectivity index (χ2v) is 20.8. The molecule has 1 aliphatic carbocycles. The topological polar surface area (TPSA) is 50.9 Å². The number of aromatic hydroxyl groups is 1. The SMILES string of the molecule is [2H]C([2H])(c1ccc(-n2c(-c3cccc(-c4ccccc4)c3O)nc3c(-c4cc(-c5cc(-c6cccc(C(C)(C)c7ccccc7)c6)ccn5)cc(C(C)(C)C)c4)cccc32)c(-c2ccccc2)c1)C1CCCC1. The number of pyridine rings is 1. The molecule has 0 saturated heterocycles. The number of phenolic OH excluding ortho intramolecular Hbond substituents is 1. The predicted octanol–water partition coefficient (Wildman–Crippen LogP) is 17.5. The first-order valence-corrected chi connectivity index (χ1v) is 25.1. The Morgan fingerprint density at radius 1 is 0.521 bits per heavy atom. The fourth-order valence-corrected chi connectivity index (χ4v) is 10.5. The molecule has 2 heterocycles. The summed E-state index contributed by atoms with van der Waals surface area (Å²) in [5, 5.41) is 12.4. The number of benzene rings is 8. The van der Waals surface area contributed by atoms with Gasteiger partial charge in [-0.2, -0.15) is 0 Å². The molecule has 0 amide bonds. The highest BCUT2D eigenvalue weighted by atomic mass is 16.3. The Morgan fingerprint density at radius 3 is 1.85 bits per heavy atom. The average molecular weight is 926 g/mol. The number of phenols is 1. The molecule has 4 nitrogen and oxygen atoms in total. The van der Waals surface area contributed by atoms with E-state index < -0.39 is 6.37 Å². The number of aromatic nitrogens is 3. The van der Waals surface area contributed by atoms with E-state index >= 15 is 0 Å². The molecule has 8 aromatic carbocycles. The Kier molecular flexibility index (Phi) is 11.5. The zero-order valence-corrected chi connectivity index (χ0v) is 41.3. The first-order valence-electron chi connectivity index (χ1n) is 26.1. The lowest BCUT2D eigenvalue weighted by Gasteiger charge is -2.26. The molecule has 4 heteroatoms. The summed E-state index contributed by atoms with van der Waals surface area (Å²) in [5.74, 6) is 0.682. The van der Waals surface area contributed by atoms with E-state index in [0.29, 0.717) is 22.5 Å². The quantitative estimate of drug-likeness (QED) is 0.141. The van der Waals surface area contributed by atoms with Crippen molar-refractivity contribution in [1.29, 1.82) is 0 Å². The number of rotatable bonds is 11. The monoisotopic (exact) mass is 925 g/mol. The van der Waals surface area contributed by atoms with Gasteiger partial charge in [0.1, 0.15) is 11.6 Å². The summed E-state index contributed by atoms with van der Waals surface area (Å²) < 4.78 is 21.2. The van der Waals surface area contributed by atoms with Crippen LogP contribution >= 0.6 is 0 Å². The molecule has 0 spiro atoms. The van der Waals surface area contributed by atoms with Crippen molar-refractivity contribution in [2.45, 2.75) is 77.5 Å². The van der Waals surface area contributed by atoms with Crippen molar-refractivity contribution in [3.8, 4) is 78.6 Å². The van der Waals surface area contributed by atoms with E-state index in [2.05, 4.69) is 167 Å².